The Labute approximate surface area is 82.0 Å². The molecule has 0 aromatic carbocycles. The van der Waals surface area contributed by atoms with Gasteiger partial charge in [0.2, 0.25) is 0 Å². The molecule has 14 heavy (non-hydrogen) atoms. The Morgan fingerprint density at radius 3 is 2.79 bits per heavy atom. The molecule has 1 unspecified atom stereocenters. The highest BCUT2D eigenvalue weighted by Crippen LogP contribution is 2.46. The summed E-state index contributed by atoms with van der Waals surface area (Å²) < 4.78 is 16.6. The van der Waals surface area contributed by atoms with Crippen LogP contribution in [0.5, 0.6) is 0 Å². The van der Waals surface area contributed by atoms with Crippen molar-refractivity contribution in [3.05, 3.63) is 12.2 Å². The largest absolute Gasteiger partial charge is 0.357 e. The second-order valence-corrected chi connectivity index (χ2v) is 3.86. The van der Waals surface area contributed by atoms with Crippen molar-refractivity contribution in [3.8, 4) is 6.07 Å². The zero-order chi connectivity index (χ0) is 9.60. The standard InChI is InChI=1S/C10H11NO3/c11-6-7-5-8-1-2-10(7,14-8)9-12-3-4-13-9/h1-2,7-9H,3-5H2/t7?,8-,10+/m0/s1. The molecule has 2 saturated heterocycles. The van der Waals surface area contributed by atoms with Crippen molar-refractivity contribution in [3.63, 3.8) is 0 Å². The Hall–Kier alpha value is -0.890. The summed E-state index contributed by atoms with van der Waals surface area (Å²) in [6, 6.07) is 2.28. The average molecular weight is 193 g/mol. The minimum Gasteiger partial charge on any atom is -0.357 e. The Bertz CT molecular complexity index is 316. The average Bonchev–Trinajstić information content (AvgIpc) is 2.92. The molecule has 3 heterocycles. The van der Waals surface area contributed by atoms with E-state index >= 15 is 0 Å². The van der Waals surface area contributed by atoms with Crippen LogP contribution in [0.1, 0.15) is 6.42 Å². The first-order chi connectivity index (χ1) is 6.85. The van der Waals surface area contributed by atoms with E-state index in [2.05, 4.69) is 6.07 Å². The molecule has 74 valence electrons. The van der Waals surface area contributed by atoms with Gasteiger partial charge in [0.1, 0.15) is 0 Å². The molecule has 0 radical (unpaired) electrons. The minimum absolute atomic E-state index is 0.0763. The molecule has 4 heteroatoms. The minimum atomic E-state index is -0.629. The fourth-order valence-electron chi connectivity index (χ4n) is 2.41. The molecule has 0 N–H and O–H groups in total. The summed E-state index contributed by atoms with van der Waals surface area (Å²) in [6.07, 6.45) is 4.38. The Kier molecular flexibility index (Phi) is 1.68. The van der Waals surface area contributed by atoms with E-state index in [1.54, 1.807) is 0 Å². The van der Waals surface area contributed by atoms with Gasteiger partial charge in [0, 0.05) is 0 Å². The molecule has 0 aliphatic carbocycles. The maximum atomic E-state index is 9.04. The second kappa shape index (κ2) is 2.80. The van der Waals surface area contributed by atoms with E-state index in [4.69, 9.17) is 19.5 Å². The van der Waals surface area contributed by atoms with Crippen LogP contribution in [-0.4, -0.2) is 31.2 Å². The molecule has 2 bridgehead atoms. The molecule has 3 aliphatic heterocycles. The Balaban J connectivity index is 1.93. The molecular formula is C10H11NO3. The van der Waals surface area contributed by atoms with Crippen molar-refractivity contribution >= 4 is 0 Å². The number of hydrogen-bond acceptors (Lipinski definition) is 4. The van der Waals surface area contributed by atoms with Gasteiger partial charge in [-0.25, -0.2) is 0 Å². The highest BCUT2D eigenvalue weighted by Gasteiger charge is 2.57. The van der Waals surface area contributed by atoms with Crippen LogP contribution >= 0.6 is 0 Å². The number of fused-ring (bicyclic) bond motifs is 2. The first-order valence-electron chi connectivity index (χ1n) is 4.85. The lowest BCUT2D eigenvalue weighted by Gasteiger charge is -2.30. The molecule has 4 nitrogen and oxygen atoms in total. The van der Waals surface area contributed by atoms with Crippen LogP contribution in [0.25, 0.3) is 0 Å². The topological polar surface area (TPSA) is 51.5 Å². The predicted octanol–water partition coefficient (Wildman–Crippen LogP) is 0.597. The fraction of sp³-hybridized carbons (Fsp3) is 0.700. The van der Waals surface area contributed by atoms with Gasteiger partial charge in [0.05, 0.1) is 31.3 Å². The summed E-state index contributed by atoms with van der Waals surface area (Å²) in [4.78, 5) is 0. The number of ether oxygens (including phenoxy) is 3. The third-order valence-corrected chi connectivity index (χ3v) is 3.09. The molecular weight excluding hydrogens is 182 g/mol. The lowest BCUT2D eigenvalue weighted by Crippen LogP contribution is -2.44. The number of nitrogens with zero attached hydrogens (tertiary/aromatic N) is 1. The summed E-state index contributed by atoms with van der Waals surface area (Å²) >= 11 is 0. The van der Waals surface area contributed by atoms with E-state index in [0.717, 1.165) is 6.42 Å². The molecule has 3 atom stereocenters. The van der Waals surface area contributed by atoms with Gasteiger partial charge in [-0.2, -0.15) is 5.26 Å². The number of hydrogen-bond donors (Lipinski definition) is 0. The van der Waals surface area contributed by atoms with E-state index in [1.165, 1.54) is 0 Å². The fourth-order valence-corrected chi connectivity index (χ4v) is 2.41. The number of nitriles is 1. The van der Waals surface area contributed by atoms with Gasteiger partial charge in [-0.15, -0.1) is 0 Å². The highest BCUT2D eigenvalue weighted by molar-refractivity contribution is 5.26. The zero-order valence-corrected chi connectivity index (χ0v) is 7.68. The van der Waals surface area contributed by atoms with Gasteiger partial charge in [-0.05, 0) is 12.5 Å². The van der Waals surface area contributed by atoms with E-state index in [-0.39, 0.29) is 12.0 Å². The smallest absolute Gasteiger partial charge is 0.191 e. The predicted molar refractivity (Wildman–Crippen MR) is 46.2 cm³/mol. The van der Waals surface area contributed by atoms with Gasteiger partial charge in [-0.1, -0.05) is 6.08 Å². The van der Waals surface area contributed by atoms with Crippen LogP contribution in [0.15, 0.2) is 12.2 Å². The number of rotatable bonds is 1. The zero-order valence-electron chi connectivity index (χ0n) is 7.68. The summed E-state index contributed by atoms with van der Waals surface area (Å²) in [7, 11) is 0. The summed E-state index contributed by atoms with van der Waals surface area (Å²) in [6.45, 7) is 1.18. The highest BCUT2D eigenvalue weighted by atomic mass is 16.7. The van der Waals surface area contributed by atoms with E-state index < -0.39 is 11.9 Å². The van der Waals surface area contributed by atoms with Crippen molar-refractivity contribution in [2.45, 2.75) is 24.4 Å². The normalized spacial score (nSPS) is 45.9. The van der Waals surface area contributed by atoms with Crippen LogP contribution in [0.3, 0.4) is 0 Å². The van der Waals surface area contributed by atoms with Crippen LogP contribution in [0, 0.1) is 17.2 Å². The molecule has 3 rings (SSSR count). The van der Waals surface area contributed by atoms with Gasteiger partial charge in [0.15, 0.2) is 11.9 Å². The van der Waals surface area contributed by atoms with Crippen molar-refractivity contribution in [2.75, 3.05) is 13.2 Å². The molecule has 0 aromatic heterocycles. The molecule has 0 saturated carbocycles. The van der Waals surface area contributed by atoms with Crippen LogP contribution in [-0.2, 0) is 14.2 Å². The molecule has 0 amide bonds. The monoisotopic (exact) mass is 193 g/mol. The van der Waals surface area contributed by atoms with Crippen LogP contribution in [0.2, 0.25) is 0 Å². The summed E-state index contributed by atoms with van der Waals surface area (Å²) in [5.41, 5.74) is -0.629. The first-order valence-corrected chi connectivity index (χ1v) is 4.85. The van der Waals surface area contributed by atoms with Gasteiger partial charge in [-0.3, -0.25) is 0 Å². The van der Waals surface area contributed by atoms with Crippen molar-refractivity contribution in [2.24, 2.45) is 5.92 Å². The second-order valence-electron chi connectivity index (χ2n) is 3.86. The third-order valence-electron chi connectivity index (χ3n) is 3.09. The van der Waals surface area contributed by atoms with E-state index in [1.807, 2.05) is 12.2 Å². The first kappa shape index (κ1) is 8.42. The van der Waals surface area contributed by atoms with Crippen molar-refractivity contribution < 1.29 is 14.2 Å². The Morgan fingerprint density at radius 1 is 1.36 bits per heavy atom. The molecule has 3 aliphatic rings. The Morgan fingerprint density at radius 2 is 2.14 bits per heavy atom. The molecule has 0 spiro atoms. The molecule has 0 aromatic rings. The van der Waals surface area contributed by atoms with E-state index in [0.29, 0.717) is 13.2 Å². The maximum Gasteiger partial charge on any atom is 0.191 e. The molecule has 2 fully saturated rings. The van der Waals surface area contributed by atoms with E-state index in [9.17, 15) is 0 Å². The quantitative estimate of drug-likeness (QED) is 0.572. The summed E-state index contributed by atoms with van der Waals surface area (Å²) in [5, 5.41) is 9.04. The van der Waals surface area contributed by atoms with Crippen molar-refractivity contribution in [1.82, 2.24) is 0 Å². The van der Waals surface area contributed by atoms with Gasteiger partial charge >= 0.3 is 0 Å². The van der Waals surface area contributed by atoms with Crippen LogP contribution in [0.4, 0.5) is 0 Å². The lowest BCUT2D eigenvalue weighted by molar-refractivity contribution is -0.172. The van der Waals surface area contributed by atoms with Crippen molar-refractivity contribution in [1.29, 1.82) is 5.26 Å². The lowest BCUT2D eigenvalue weighted by atomic mass is 9.83. The third kappa shape index (κ3) is 0.921. The maximum absolute atomic E-state index is 9.04. The van der Waals surface area contributed by atoms with Gasteiger partial charge in [0.25, 0.3) is 0 Å². The summed E-state index contributed by atoms with van der Waals surface area (Å²) in [5.74, 6) is -0.138. The van der Waals surface area contributed by atoms with Gasteiger partial charge < -0.3 is 14.2 Å². The SMILES string of the molecule is N#CC1C[C@@H]2C=C[C@@]1(C1OCCO1)O2. The van der Waals surface area contributed by atoms with Crippen LogP contribution < -0.4 is 0 Å².